The molecule has 29 heavy (non-hydrogen) atoms. The van der Waals surface area contributed by atoms with E-state index in [1.165, 1.54) is 15.6 Å². The van der Waals surface area contributed by atoms with Crippen LogP contribution in [0.5, 0.6) is 0 Å². The highest BCUT2D eigenvalue weighted by molar-refractivity contribution is 7.17. The van der Waals surface area contributed by atoms with E-state index in [0.29, 0.717) is 19.8 Å². The number of hydrogen-bond donors (Lipinski definition) is 1. The van der Waals surface area contributed by atoms with E-state index in [4.69, 9.17) is 16.3 Å². The predicted octanol–water partition coefficient (Wildman–Crippen LogP) is 4.25. The van der Waals surface area contributed by atoms with E-state index in [-0.39, 0.29) is 0 Å². The van der Waals surface area contributed by atoms with Crippen LogP contribution in [0.25, 0.3) is 10.1 Å². The van der Waals surface area contributed by atoms with Gasteiger partial charge in [0, 0.05) is 49.0 Å². The summed E-state index contributed by atoms with van der Waals surface area (Å²) in [6.07, 6.45) is -0.463. The van der Waals surface area contributed by atoms with Crippen molar-refractivity contribution >= 4 is 33.0 Å². The Morgan fingerprint density at radius 1 is 1.00 bits per heavy atom. The van der Waals surface area contributed by atoms with Crippen LogP contribution in [-0.4, -0.2) is 60.3 Å². The smallest absolute Gasteiger partial charge is 0.0900 e. The molecule has 0 spiro atoms. The van der Waals surface area contributed by atoms with Gasteiger partial charge >= 0.3 is 0 Å². The second-order valence-corrected chi connectivity index (χ2v) is 8.98. The van der Waals surface area contributed by atoms with Gasteiger partial charge in [0.15, 0.2) is 0 Å². The number of nitrogens with zero attached hydrogens (tertiary/aromatic N) is 2. The highest BCUT2D eigenvalue weighted by atomic mass is 35.5. The van der Waals surface area contributed by atoms with Crippen LogP contribution in [0.1, 0.15) is 11.1 Å². The Kier molecular flexibility index (Phi) is 7.19. The fraction of sp³-hybridized carbons (Fsp3) is 0.391. The third-order valence-corrected chi connectivity index (χ3v) is 6.65. The first-order valence-electron chi connectivity index (χ1n) is 10.1. The van der Waals surface area contributed by atoms with Gasteiger partial charge in [0.1, 0.15) is 0 Å². The number of aliphatic hydroxyl groups excluding tert-OH is 1. The lowest BCUT2D eigenvalue weighted by molar-refractivity contribution is 0.000910. The van der Waals surface area contributed by atoms with E-state index < -0.39 is 6.10 Å². The van der Waals surface area contributed by atoms with Crippen molar-refractivity contribution in [2.75, 3.05) is 39.3 Å². The minimum absolute atomic E-state index is 0.351. The summed E-state index contributed by atoms with van der Waals surface area (Å²) in [5, 5.41) is 14.7. The van der Waals surface area contributed by atoms with E-state index >= 15 is 0 Å². The van der Waals surface area contributed by atoms with E-state index in [9.17, 15) is 5.11 Å². The van der Waals surface area contributed by atoms with Crippen molar-refractivity contribution in [3.05, 3.63) is 70.1 Å². The molecule has 2 heterocycles. The fourth-order valence-electron chi connectivity index (χ4n) is 3.77. The van der Waals surface area contributed by atoms with Crippen LogP contribution < -0.4 is 0 Å². The summed E-state index contributed by atoms with van der Waals surface area (Å²) in [4.78, 5) is 4.84. The lowest BCUT2D eigenvalue weighted by Gasteiger charge is -2.35. The van der Waals surface area contributed by atoms with Gasteiger partial charge in [0.2, 0.25) is 0 Å². The second-order valence-electron chi connectivity index (χ2n) is 7.63. The van der Waals surface area contributed by atoms with Gasteiger partial charge in [-0.2, -0.15) is 0 Å². The highest BCUT2D eigenvalue weighted by Crippen LogP contribution is 2.26. The Balaban J connectivity index is 1.17. The lowest BCUT2D eigenvalue weighted by atomic mass is 10.1. The minimum atomic E-state index is -0.463. The molecule has 1 saturated heterocycles. The fourth-order valence-corrected chi connectivity index (χ4v) is 4.85. The maximum atomic E-state index is 10.3. The maximum Gasteiger partial charge on any atom is 0.0900 e. The molecule has 3 aromatic rings. The molecule has 1 unspecified atom stereocenters. The van der Waals surface area contributed by atoms with E-state index in [2.05, 4.69) is 39.4 Å². The van der Waals surface area contributed by atoms with Gasteiger partial charge in [-0.3, -0.25) is 9.80 Å². The number of β-amino-alcohol motifs (C(OH)–C–C–N with tert-alkyl or cyclic N) is 1. The summed E-state index contributed by atoms with van der Waals surface area (Å²) in [6, 6.07) is 16.2. The van der Waals surface area contributed by atoms with E-state index in [1.54, 1.807) is 0 Å². The Bertz CT molecular complexity index is 907. The molecule has 4 rings (SSSR count). The average molecular weight is 431 g/mol. The van der Waals surface area contributed by atoms with Crippen LogP contribution in [0, 0.1) is 0 Å². The second kappa shape index (κ2) is 10.0. The average Bonchev–Trinajstić information content (AvgIpc) is 3.14. The SMILES string of the molecule is OC(COCc1ccc(Cl)cc1)CN1CCN(Cc2csc3ccccc23)CC1. The molecule has 0 aliphatic carbocycles. The number of ether oxygens (including phenoxy) is 1. The van der Waals surface area contributed by atoms with Crippen LogP contribution in [0.15, 0.2) is 53.9 Å². The van der Waals surface area contributed by atoms with Crippen molar-refractivity contribution in [1.29, 1.82) is 0 Å². The van der Waals surface area contributed by atoms with Crippen LogP contribution in [-0.2, 0) is 17.9 Å². The normalized spacial score (nSPS) is 17.0. The number of piperazine rings is 1. The quantitative estimate of drug-likeness (QED) is 0.579. The molecule has 1 aliphatic rings. The van der Waals surface area contributed by atoms with Gasteiger partial charge < -0.3 is 9.84 Å². The monoisotopic (exact) mass is 430 g/mol. The summed E-state index contributed by atoms with van der Waals surface area (Å²) < 4.78 is 7.03. The van der Waals surface area contributed by atoms with E-state index in [1.807, 2.05) is 35.6 Å². The first kappa shape index (κ1) is 20.8. The largest absolute Gasteiger partial charge is 0.389 e. The Hall–Kier alpha value is -1.47. The zero-order valence-electron chi connectivity index (χ0n) is 16.5. The molecule has 1 atom stereocenters. The Morgan fingerprint density at radius 2 is 1.72 bits per heavy atom. The summed E-state index contributed by atoms with van der Waals surface area (Å²) >= 11 is 7.72. The molecule has 1 fully saturated rings. The number of aliphatic hydroxyl groups is 1. The van der Waals surface area contributed by atoms with Crippen LogP contribution in [0.2, 0.25) is 5.02 Å². The van der Waals surface area contributed by atoms with Crippen molar-refractivity contribution in [2.45, 2.75) is 19.3 Å². The first-order valence-corrected chi connectivity index (χ1v) is 11.3. The topological polar surface area (TPSA) is 35.9 Å². The minimum Gasteiger partial charge on any atom is -0.389 e. The van der Waals surface area contributed by atoms with Crippen LogP contribution in [0.4, 0.5) is 0 Å². The number of benzene rings is 2. The number of fused-ring (bicyclic) bond motifs is 1. The number of thiophene rings is 1. The van der Waals surface area contributed by atoms with Gasteiger partial charge in [-0.25, -0.2) is 0 Å². The summed E-state index contributed by atoms with van der Waals surface area (Å²) in [5.41, 5.74) is 2.49. The molecular formula is C23H27ClN2O2S. The zero-order valence-corrected chi connectivity index (χ0v) is 18.0. The molecule has 154 valence electrons. The molecule has 0 amide bonds. The molecule has 0 bridgehead atoms. The predicted molar refractivity (Wildman–Crippen MR) is 121 cm³/mol. The number of rotatable bonds is 8. The lowest BCUT2D eigenvalue weighted by Crippen LogP contribution is -2.48. The summed E-state index contributed by atoms with van der Waals surface area (Å²) in [5.74, 6) is 0. The van der Waals surface area contributed by atoms with Crippen LogP contribution >= 0.6 is 22.9 Å². The molecule has 1 aliphatic heterocycles. The highest BCUT2D eigenvalue weighted by Gasteiger charge is 2.20. The molecule has 6 heteroatoms. The van der Waals surface area contributed by atoms with Crippen molar-refractivity contribution in [1.82, 2.24) is 9.80 Å². The molecule has 4 nitrogen and oxygen atoms in total. The molecule has 1 aromatic heterocycles. The van der Waals surface area contributed by atoms with Crippen molar-refractivity contribution in [2.24, 2.45) is 0 Å². The van der Waals surface area contributed by atoms with E-state index in [0.717, 1.165) is 43.3 Å². The Labute approximate surface area is 181 Å². The molecular weight excluding hydrogens is 404 g/mol. The molecule has 2 aromatic carbocycles. The van der Waals surface area contributed by atoms with Gasteiger partial charge in [-0.15, -0.1) is 11.3 Å². The van der Waals surface area contributed by atoms with Gasteiger partial charge in [0.05, 0.1) is 19.3 Å². The Morgan fingerprint density at radius 3 is 2.52 bits per heavy atom. The van der Waals surface area contributed by atoms with Gasteiger partial charge in [0.25, 0.3) is 0 Å². The molecule has 0 saturated carbocycles. The zero-order chi connectivity index (χ0) is 20.1. The van der Waals surface area contributed by atoms with Crippen molar-refractivity contribution in [3.8, 4) is 0 Å². The van der Waals surface area contributed by atoms with Crippen molar-refractivity contribution < 1.29 is 9.84 Å². The van der Waals surface area contributed by atoms with Crippen LogP contribution in [0.3, 0.4) is 0 Å². The molecule has 1 N–H and O–H groups in total. The third-order valence-electron chi connectivity index (χ3n) is 5.38. The van der Waals surface area contributed by atoms with Crippen molar-refractivity contribution in [3.63, 3.8) is 0 Å². The third kappa shape index (κ3) is 5.79. The summed E-state index contributed by atoms with van der Waals surface area (Å²) in [7, 11) is 0. The standard InChI is InChI=1S/C23H27ClN2O2S/c24-20-7-5-18(6-8-20)15-28-16-21(27)14-26-11-9-25(10-12-26)13-19-17-29-23-4-2-1-3-22(19)23/h1-8,17,21,27H,9-16H2. The maximum absolute atomic E-state index is 10.3. The van der Waals surface area contributed by atoms with Gasteiger partial charge in [-0.05, 0) is 40.1 Å². The summed E-state index contributed by atoms with van der Waals surface area (Å²) in [6.45, 7) is 6.54. The molecule has 0 radical (unpaired) electrons. The van der Waals surface area contributed by atoms with Gasteiger partial charge in [-0.1, -0.05) is 41.9 Å². The number of halogens is 1. The number of hydrogen-bond acceptors (Lipinski definition) is 5. The first-order chi connectivity index (χ1) is 14.2.